The Morgan fingerprint density at radius 3 is 2.74 bits per heavy atom. The number of carbonyl (C=O) groups excluding carboxylic acids is 1. The third kappa shape index (κ3) is 5.08. The SMILES string of the molecule is CC(C)(C)OC(=O)NCC(N)c1cccc(O)c1Br. The van der Waals surface area contributed by atoms with E-state index >= 15 is 0 Å². The molecule has 1 aromatic carbocycles. The number of nitrogens with one attached hydrogen (secondary N) is 1. The predicted octanol–water partition coefficient (Wildman–Crippen LogP) is 2.68. The summed E-state index contributed by atoms with van der Waals surface area (Å²) in [6.45, 7) is 5.59. The minimum atomic E-state index is -0.542. The zero-order chi connectivity index (χ0) is 14.6. The molecular weight excluding hydrogens is 312 g/mol. The van der Waals surface area contributed by atoms with Gasteiger partial charge in [-0.05, 0) is 48.3 Å². The van der Waals surface area contributed by atoms with E-state index in [0.717, 1.165) is 5.56 Å². The predicted molar refractivity (Wildman–Crippen MR) is 77.0 cm³/mol. The van der Waals surface area contributed by atoms with E-state index in [1.54, 1.807) is 39.0 Å². The molecule has 0 aliphatic rings. The highest BCUT2D eigenvalue weighted by atomic mass is 79.9. The second-order valence-electron chi connectivity index (χ2n) is 5.17. The van der Waals surface area contributed by atoms with Crippen LogP contribution in [0.15, 0.2) is 22.7 Å². The van der Waals surface area contributed by atoms with Gasteiger partial charge in [-0.3, -0.25) is 0 Å². The minimum Gasteiger partial charge on any atom is -0.507 e. The molecule has 0 aliphatic carbocycles. The zero-order valence-corrected chi connectivity index (χ0v) is 12.8. The van der Waals surface area contributed by atoms with E-state index in [0.29, 0.717) is 4.47 Å². The highest BCUT2D eigenvalue weighted by Crippen LogP contribution is 2.30. The quantitative estimate of drug-likeness (QED) is 0.795. The van der Waals surface area contributed by atoms with Crippen LogP contribution in [0.1, 0.15) is 32.4 Å². The Bertz CT molecular complexity index is 458. The van der Waals surface area contributed by atoms with Crippen LogP contribution in [-0.4, -0.2) is 23.3 Å². The summed E-state index contributed by atoms with van der Waals surface area (Å²) >= 11 is 3.26. The molecule has 19 heavy (non-hydrogen) atoms. The van der Waals surface area contributed by atoms with E-state index in [1.807, 2.05) is 0 Å². The molecule has 1 amide bonds. The topological polar surface area (TPSA) is 84.6 Å². The van der Waals surface area contributed by atoms with Gasteiger partial charge in [0.2, 0.25) is 0 Å². The van der Waals surface area contributed by atoms with Gasteiger partial charge in [-0.15, -0.1) is 0 Å². The number of benzene rings is 1. The van der Waals surface area contributed by atoms with Gasteiger partial charge in [-0.2, -0.15) is 0 Å². The summed E-state index contributed by atoms with van der Waals surface area (Å²) in [4.78, 5) is 11.5. The summed E-state index contributed by atoms with van der Waals surface area (Å²) in [5.74, 6) is 0.116. The normalized spacial score (nSPS) is 12.9. The first-order valence-electron chi connectivity index (χ1n) is 5.90. The highest BCUT2D eigenvalue weighted by Gasteiger charge is 2.18. The standard InChI is InChI=1S/C13H19BrN2O3/c1-13(2,3)19-12(18)16-7-9(15)8-5-4-6-10(17)11(8)14/h4-6,9,17H,7,15H2,1-3H3,(H,16,18). The molecule has 0 saturated heterocycles. The maximum atomic E-state index is 11.5. The molecule has 106 valence electrons. The van der Waals surface area contributed by atoms with Crippen LogP contribution < -0.4 is 11.1 Å². The summed E-state index contributed by atoms with van der Waals surface area (Å²) in [7, 11) is 0. The van der Waals surface area contributed by atoms with E-state index in [1.165, 1.54) is 0 Å². The van der Waals surface area contributed by atoms with E-state index in [4.69, 9.17) is 10.5 Å². The highest BCUT2D eigenvalue weighted by molar-refractivity contribution is 9.10. The van der Waals surface area contributed by atoms with Gasteiger partial charge in [-0.25, -0.2) is 4.79 Å². The van der Waals surface area contributed by atoms with Crippen molar-refractivity contribution in [2.45, 2.75) is 32.4 Å². The number of phenols is 1. The van der Waals surface area contributed by atoms with Crippen LogP contribution in [0.4, 0.5) is 4.79 Å². The van der Waals surface area contributed by atoms with Crippen LogP contribution in [0, 0.1) is 0 Å². The summed E-state index contributed by atoms with van der Waals surface area (Å²) < 4.78 is 5.65. The Morgan fingerprint density at radius 1 is 1.53 bits per heavy atom. The molecule has 1 atom stereocenters. The third-order valence-electron chi connectivity index (χ3n) is 2.27. The summed E-state index contributed by atoms with van der Waals surface area (Å²) in [5.41, 5.74) is 6.14. The van der Waals surface area contributed by atoms with Gasteiger partial charge >= 0.3 is 6.09 Å². The van der Waals surface area contributed by atoms with Crippen LogP contribution in [0.2, 0.25) is 0 Å². The van der Waals surface area contributed by atoms with Crippen LogP contribution in [0.5, 0.6) is 5.75 Å². The number of carbonyl (C=O) groups is 1. The minimum absolute atomic E-state index is 0.116. The van der Waals surface area contributed by atoms with Crippen LogP contribution >= 0.6 is 15.9 Å². The molecule has 1 unspecified atom stereocenters. The van der Waals surface area contributed by atoms with Gasteiger partial charge < -0.3 is 20.9 Å². The van der Waals surface area contributed by atoms with Crippen molar-refractivity contribution in [2.24, 2.45) is 5.73 Å². The Balaban J connectivity index is 2.59. The Kier molecular flexibility index (Phi) is 5.20. The maximum absolute atomic E-state index is 11.5. The number of aromatic hydroxyl groups is 1. The molecule has 0 aliphatic heterocycles. The molecule has 0 aromatic heterocycles. The number of nitrogens with two attached hydrogens (primary N) is 1. The fourth-order valence-electron chi connectivity index (χ4n) is 1.44. The first-order valence-corrected chi connectivity index (χ1v) is 6.70. The van der Waals surface area contributed by atoms with Crippen molar-refractivity contribution in [1.82, 2.24) is 5.32 Å². The molecule has 0 radical (unpaired) electrons. The van der Waals surface area contributed by atoms with Gasteiger partial charge in [-0.1, -0.05) is 12.1 Å². The van der Waals surface area contributed by atoms with Crippen molar-refractivity contribution >= 4 is 22.0 Å². The molecule has 5 nitrogen and oxygen atoms in total. The lowest BCUT2D eigenvalue weighted by molar-refractivity contribution is 0.0524. The van der Waals surface area contributed by atoms with Crippen molar-refractivity contribution in [3.05, 3.63) is 28.2 Å². The van der Waals surface area contributed by atoms with E-state index in [-0.39, 0.29) is 12.3 Å². The van der Waals surface area contributed by atoms with Crippen molar-refractivity contribution < 1.29 is 14.6 Å². The first kappa shape index (κ1) is 15.8. The van der Waals surface area contributed by atoms with Crippen molar-refractivity contribution in [3.63, 3.8) is 0 Å². The van der Waals surface area contributed by atoms with Crippen molar-refractivity contribution in [3.8, 4) is 5.75 Å². The molecule has 0 spiro atoms. The van der Waals surface area contributed by atoms with Gasteiger partial charge in [0, 0.05) is 12.6 Å². The lowest BCUT2D eigenvalue weighted by atomic mass is 10.1. The average Bonchev–Trinajstić information content (AvgIpc) is 2.27. The molecule has 6 heteroatoms. The van der Waals surface area contributed by atoms with E-state index < -0.39 is 17.7 Å². The number of rotatable bonds is 3. The fourth-order valence-corrected chi connectivity index (χ4v) is 2.00. The monoisotopic (exact) mass is 330 g/mol. The smallest absolute Gasteiger partial charge is 0.407 e. The van der Waals surface area contributed by atoms with Gasteiger partial charge in [0.05, 0.1) is 4.47 Å². The summed E-state index contributed by atoms with van der Waals surface area (Å²) in [6, 6.07) is 4.60. The Labute approximate surface area is 121 Å². The number of halogens is 1. The molecule has 0 heterocycles. The fraction of sp³-hybridized carbons (Fsp3) is 0.462. The van der Waals surface area contributed by atoms with E-state index in [9.17, 15) is 9.90 Å². The number of ether oxygens (including phenoxy) is 1. The van der Waals surface area contributed by atoms with Crippen LogP contribution in [0.25, 0.3) is 0 Å². The Hall–Kier alpha value is -1.27. The molecule has 0 bridgehead atoms. The molecule has 4 N–H and O–H groups in total. The lowest BCUT2D eigenvalue weighted by Crippen LogP contribution is -2.36. The lowest BCUT2D eigenvalue weighted by Gasteiger charge is -2.21. The zero-order valence-electron chi connectivity index (χ0n) is 11.2. The number of hydrogen-bond donors (Lipinski definition) is 3. The maximum Gasteiger partial charge on any atom is 0.407 e. The third-order valence-corrected chi connectivity index (χ3v) is 3.14. The summed E-state index contributed by atoms with van der Waals surface area (Å²) in [6.07, 6.45) is -0.515. The van der Waals surface area contributed by atoms with Gasteiger partial charge in [0.15, 0.2) is 0 Å². The number of phenolic OH excluding ortho intramolecular Hbond substituents is 1. The average molecular weight is 331 g/mol. The van der Waals surface area contributed by atoms with Crippen LogP contribution in [-0.2, 0) is 4.74 Å². The second-order valence-corrected chi connectivity index (χ2v) is 5.96. The van der Waals surface area contributed by atoms with Crippen molar-refractivity contribution in [2.75, 3.05) is 6.54 Å². The van der Waals surface area contributed by atoms with Crippen LogP contribution in [0.3, 0.4) is 0 Å². The Morgan fingerprint density at radius 2 is 2.16 bits per heavy atom. The van der Waals surface area contributed by atoms with Gasteiger partial charge in [0.1, 0.15) is 11.4 Å². The molecule has 0 saturated carbocycles. The van der Waals surface area contributed by atoms with Gasteiger partial charge in [0.25, 0.3) is 0 Å². The summed E-state index contributed by atoms with van der Waals surface area (Å²) in [5, 5.41) is 12.2. The molecule has 1 rings (SSSR count). The molecule has 1 aromatic rings. The second kappa shape index (κ2) is 6.25. The van der Waals surface area contributed by atoms with E-state index in [2.05, 4.69) is 21.2 Å². The number of alkyl carbamates (subject to hydrolysis) is 1. The number of amides is 1. The molecule has 0 fully saturated rings. The largest absolute Gasteiger partial charge is 0.507 e. The first-order chi connectivity index (χ1) is 8.70. The number of hydrogen-bond acceptors (Lipinski definition) is 4. The van der Waals surface area contributed by atoms with Crippen molar-refractivity contribution in [1.29, 1.82) is 0 Å². The molecular formula is C13H19BrN2O3.